The van der Waals surface area contributed by atoms with Crippen molar-refractivity contribution in [3.63, 3.8) is 0 Å². The second-order valence-electron chi connectivity index (χ2n) is 5.37. The van der Waals surface area contributed by atoms with E-state index >= 15 is 0 Å². The van der Waals surface area contributed by atoms with Crippen molar-refractivity contribution in [1.29, 1.82) is 0 Å². The van der Waals surface area contributed by atoms with E-state index in [0.717, 1.165) is 25.3 Å². The van der Waals surface area contributed by atoms with E-state index in [-0.39, 0.29) is 5.97 Å². The zero-order valence-corrected chi connectivity index (χ0v) is 11.3. The predicted molar refractivity (Wildman–Crippen MR) is 72.2 cm³/mol. The van der Waals surface area contributed by atoms with E-state index in [1.54, 1.807) is 6.20 Å². The Hall–Kier alpha value is -1.62. The standard InChI is InChI=1S/C14H19N3O2/c1-9-12-7-15-6-10(12)8-17(9)11-3-4-16-13(5-11)14(18)19-2/h3-5,9-10,12,15H,6-8H2,1-2H3. The summed E-state index contributed by atoms with van der Waals surface area (Å²) in [6, 6.07) is 4.29. The Morgan fingerprint density at radius 3 is 3.11 bits per heavy atom. The molecule has 0 amide bonds. The molecule has 0 saturated carbocycles. The van der Waals surface area contributed by atoms with E-state index in [0.29, 0.717) is 23.6 Å². The molecule has 1 aromatic rings. The first-order valence-electron chi connectivity index (χ1n) is 6.72. The summed E-state index contributed by atoms with van der Waals surface area (Å²) in [6.45, 7) is 5.50. The number of fused-ring (bicyclic) bond motifs is 1. The molecule has 1 N–H and O–H groups in total. The lowest BCUT2D eigenvalue weighted by Gasteiger charge is -2.26. The molecular weight excluding hydrogens is 242 g/mol. The summed E-state index contributed by atoms with van der Waals surface area (Å²) >= 11 is 0. The number of nitrogens with zero attached hydrogens (tertiary/aromatic N) is 2. The van der Waals surface area contributed by atoms with Gasteiger partial charge in [0.25, 0.3) is 0 Å². The Morgan fingerprint density at radius 1 is 1.53 bits per heavy atom. The molecule has 1 aromatic heterocycles. The molecule has 2 fully saturated rings. The van der Waals surface area contributed by atoms with Crippen LogP contribution < -0.4 is 10.2 Å². The first-order valence-corrected chi connectivity index (χ1v) is 6.72. The van der Waals surface area contributed by atoms with Gasteiger partial charge in [-0.15, -0.1) is 0 Å². The number of carbonyl (C=O) groups excluding carboxylic acids is 1. The van der Waals surface area contributed by atoms with Gasteiger partial charge in [-0.25, -0.2) is 9.78 Å². The largest absolute Gasteiger partial charge is 0.464 e. The van der Waals surface area contributed by atoms with Crippen molar-refractivity contribution < 1.29 is 9.53 Å². The number of hydrogen-bond donors (Lipinski definition) is 1. The maximum atomic E-state index is 11.5. The summed E-state index contributed by atoms with van der Waals surface area (Å²) in [5, 5.41) is 3.45. The van der Waals surface area contributed by atoms with Crippen LogP contribution in [0.25, 0.3) is 0 Å². The van der Waals surface area contributed by atoms with Crippen molar-refractivity contribution in [3.8, 4) is 0 Å². The van der Waals surface area contributed by atoms with Gasteiger partial charge in [0.2, 0.25) is 0 Å². The molecule has 0 aliphatic carbocycles. The molecule has 2 aliphatic rings. The Balaban J connectivity index is 1.85. The van der Waals surface area contributed by atoms with Gasteiger partial charge in [0, 0.05) is 37.6 Å². The summed E-state index contributed by atoms with van der Waals surface area (Å²) < 4.78 is 4.73. The Labute approximate surface area is 113 Å². The van der Waals surface area contributed by atoms with E-state index < -0.39 is 0 Å². The molecule has 3 atom stereocenters. The summed E-state index contributed by atoms with van der Waals surface area (Å²) in [4.78, 5) is 18.0. The van der Waals surface area contributed by atoms with Gasteiger partial charge in [-0.1, -0.05) is 0 Å². The van der Waals surface area contributed by atoms with Gasteiger partial charge in [-0.2, -0.15) is 0 Å². The van der Waals surface area contributed by atoms with Crippen molar-refractivity contribution in [2.45, 2.75) is 13.0 Å². The van der Waals surface area contributed by atoms with Crippen LogP contribution in [0.5, 0.6) is 0 Å². The third-order valence-electron chi connectivity index (χ3n) is 4.40. The number of carbonyl (C=O) groups is 1. The lowest BCUT2D eigenvalue weighted by atomic mass is 9.95. The zero-order valence-electron chi connectivity index (χ0n) is 11.3. The second kappa shape index (κ2) is 4.81. The SMILES string of the molecule is COC(=O)c1cc(N2CC3CNCC3C2C)ccn1. The highest BCUT2D eigenvalue weighted by molar-refractivity contribution is 5.88. The van der Waals surface area contributed by atoms with E-state index in [1.807, 2.05) is 12.1 Å². The Kier molecular flexibility index (Phi) is 3.14. The molecule has 102 valence electrons. The number of aromatic nitrogens is 1. The molecule has 3 heterocycles. The Morgan fingerprint density at radius 2 is 2.37 bits per heavy atom. The number of anilines is 1. The van der Waals surface area contributed by atoms with Gasteiger partial charge in [-0.05, 0) is 30.9 Å². The van der Waals surface area contributed by atoms with Gasteiger partial charge in [0.05, 0.1) is 7.11 Å². The number of nitrogens with one attached hydrogen (secondary N) is 1. The van der Waals surface area contributed by atoms with Crippen molar-refractivity contribution in [2.75, 3.05) is 31.6 Å². The van der Waals surface area contributed by atoms with Gasteiger partial charge in [-0.3, -0.25) is 0 Å². The number of methoxy groups -OCH3 is 1. The topological polar surface area (TPSA) is 54.5 Å². The molecule has 3 rings (SSSR count). The van der Waals surface area contributed by atoms with E-state index in [9.17, 15) is 4.79 Å². The van der Waals surface area contributed by atoms with E-state index in [1.165, 1.54) is 7.11 Å². The molecule has 5 nitrogen and oxygen atoms in total. The van der Waals surface area contributed by atoms with Gasteiger partial charge < -0.3 is 15.0 Å². The highest BCUT2D eigenvalue weighted by Crippen LogP contribution is 2.35. The molecule has 0 spiro atoms. The van der Waals surface area contributed by atoms with Gasteiger partial charge >= 0.3 is 5.97 Å². The summed E-state index contributed by atoms with van der Waals surface area (Å²) in [5.74, 6) is 1.04. The lowest BCUT2D eigenvalue weighted by Crippen LogP contribution is -2.33. The zero-order chi connectivity index (χ0) is 13.4. The monoisotopic (exact) mass is 261 g/mol. The summed E-state index contributed by atoms with van der Waals surface area (Å²) in [7, 11) is 1.38. The van der Waals surface area contributed by atoms with Gasteiger partial charge in [0.1, 0.15) is 5.69 Å². The first-order chi connectivity index (χ1) is 9.20. The highest BCUT2D eigenvalue weighted by atomic mass is 16.5. The Bertz CT molecular complexity index is 491. The van der Waals surface area contributed by atoms with Crippen LogP contribution in [0.3, 0.4) is 0 Å². The smallest absolute Gasteiger partial charge is 0.356 e. The number of hydrogen-bond acceptors (Lipinski definition) is 5. The van der Waals surface area contributed by atoms with E-state index in [2.05, 4.69) is 22.1 Å². The molecule has 0 radical (unpaired) electrons. The normalized spacial score (nSPS) is 29.4. The second-order valence-corrected chi connectivity index (χ2v) is 5.37. The van der Waals surface area contributed by atoms with Crippen LogP contribution in [0, 0.1) is 11.8 Å². The minimum atomic E-state index is -0.379. The maximum absolute atomic E-state index is 11.5. The van der Waals surface area contributed by atoms with Crippen LogP contribution in [0.1, 0.15) is 17.4 Å². The fourth-order valence-electron chi connectivity index (χ4n) is 3.32. The number of rotatable bonds is 2. The van der Waals surface area contributed by atoms with Crippen molar-refractivity contribution in [1.82, 2.24) is 10.3 Å². The maximum Gasteiger partial charge on any atom is 0.356 e. The molecule has 2 aliphatic heterocycles. The van der Waals surface area contributed by atoms with Crippen LogP contribution in [-0.4, -0.2) is 43.7 Å². The van der Waals surface area contributed by atoms with Gasteiger partial charge in [0.15, 0.2) is 0 Å². The number of esters is 1. The fourth-order valence-corrected chi connectivity index (χ4v) is 3.32. The fraction of sp³-hybridized carbons (Fsp3) is 0.571. The molecule has 2 saturated heterocycles. The minimum absolute atomic E-state index is 0.377. The lowest BCUT2D eigenvalue weighted by molar-refractivity contribution is 0.0594. The van der Waals surface area contributed by atoms with E-state index in [4.69, 9.17) is 4.74 Å². The quantitative estimate of drug-likeness (QED) is 0.802. The minimum Gasteiger partial charge on any atom is -0.464 e. The van der Waals surface area contributed by atoms with Crippen LogP contribution >= 0.6 is 0 Å². The van der Waals surface area contributed by atoms with Crippen LogP contribution in [0.4, 0.5) is 5.69 Å². The summed E-state index contributed by atoms with van der Waals surface area (Å²) in [5.41, 5.74) is 1.44. The van der Waals surface area contributed by atoms with Crippen LogP contribution in [0.2, 0.25) is 0 Å². The molecule has 0 bridgehead atoms. The highest BCUT2D eigenvalue weighted by Gasteiger charge is 2.41. The number of pyridine rings is 1. The predicted octanol–water partition coefficient (Wildman–Crippen LogP) is 0.912. The van der Waals surface area contributed by atoms with Crippen molar-refractivity contribution >= 4 is 11.7 Å². The molecule has 19 heavy (non-hydrogen) atoms. The average molecular weight is 261 g/mol. The molecule has 3 unspecified atom stereocenters. The third kappa shape index (κ3) is 2.08. The first kappa shape index (κ1) is 12.4. The van der Waals surface area contributed by atoms with Crippen molar-refractivity contribution in [2.24, 2.45) is 11.8 Å². The number of ether oxygens (including phenoxy) is 1. The third-order valence-corrected chi connectivity index (χ3v) is 4.40. The van der Waals surface area contributed by atoms with Crippen LogP contribution in [-0.2, 0) is 4.74 Å². The van der Waals surface area contributed by atoms with Crippen molar-refractivity contribution in [3.05, 3.63) is 24.0 Å². The molecule has 5 heteroatoms. The average Bonchev–Trinajstić information content (AvgIpc) is 3.01. The summed E-state index contributed by atoms with van der Waals surface area (Å²) in [6.07, 6.45) is 1.68. The molecular formula is C14H19N3O2. The molecule has 0 aromatic carbocycles. The van der Waals surface area contributed by atoms with Crippen LogP contribution in [0.15, 0.2) is 18.3 Å².